The van der Waals surface area contributed by atoms with E-state index in [0.29, 0.717) is 22.1 Å². The zero-order valence-electron chi connectivity index (χ0n) is 19.5. The van der Waals surface area contributed by atoms with Crippen LogP contribution in [-0.2, 0) is 21.4 Å². The minimum absolute atomic E-state index is 0.00766. The van der Waals surface area contributed by atoms with Crippen molar-refractivity contribution in [3.05, 3.63) is 87.4 Å². The van der Waals surface area contributed by atoms with E-state index in [4.69, 9.17) is 21.1 Å². The van der Waals surface area contributed by atoms with Gasteiger partial charge in [0.05, 0.1) is 31.7 Å². The van der Waals surface area contributed by atoms with E-state index in [1.165, 1.54) is 19.2 Å². The molecule has 35 heavy (non-hydrogen) atoms. The Kier molecular flexibility index (Phi) is 9.18. The number of methoxy groups -OCH3 is 2. The third-order valence-electron chi connectivity index (χ3n) is 5.33. The smallest absolute Gasteiger partial charge is 0.243 e. The van der Waals surface area contributed by atoms with Crippen LogP contribution in [0, 0.1) is 0 Å². The van der Waals surface area contributed by atoms with Crippen molar-refractivity contribution in [3.63, 3.8) is 0 Å². The van der Waals surface area contributed by atoms with Crippen LogP contribution in [0.15, 0.2) is 76.1 Å². The molecule has 1 N–H and O–H groups in total. The van der Waals surface area contributed by atoms with Crippen LogP contribution in [0.25, 0.3) is 0 Å². The Morgan fingerprint density at radius 2 is 1.63 bits per heavy atom. The van der Waals surface area contributed by atoms with Crippen LogP contribution in [0.1, 0.15) is 24.1 Å². The number of ether oxygens (including phenoxy) is 2. The molecule has 0 aromatic heterocycles. The Morgan fingerprint density at radius 1 is 1.00 bits per heavy atom. The van der Waals surface area contributed by atoms with Gasteiger partial charge in [0, 0.05) is 16.0 Å². The van der Waals surface area contributed by atoms with Crippen LogP contribution in [-0.4, -0.2) is 39.4 Å². The van der Waals surface area contributed by atoms with Crippen LogP contribution in [0.2, 0.25) is 5.02 Å². The summed E-state index contributed by atoms with van der Waals surface area (Å²) in [6.45, 7) is 1.46. The molecule has 0 saturated carbocycles. The molecule has 186 valence electrons. The number of carbonyl (C=O) groups is 1. The summed E-state index contributed by atoms with van der Waals surface area (Å²) in [6, 6.07) is 18.1. The van der Waals surface area contributed by atoms with E-state index in [-0.39, 0.29) is 18.0 Å². The van der Waals surface area contributed by atoms with Gasteiger partial charge in [-0.05, 0) is 66.6 Å². The Balaban J connectivity index is 1.83. The number of rotatable bonds is 10. The average molecular weight is 582 g/mol. The van der Waals surface area contributed by atoms with Gasteiger partial charge in [-0.15, -0.1) is 0 Å². The highest BCUT2D eigenvalue weighted by molar-refractivity contribution is 9.10. The van der Waals surface area contributed by atoms with Gasteiger partial charge in [0.2, 0.25) is 15.9 Å². The molecule has 0 heterocycles. The fraction of sp³-hybridized carbons (Fsp3) is 0.240. The van der Waals surface area contributed by atoms with Gasteiger partial charge in [-0.1, -0.05) is 45.7 Å². The van der Waals surface area contributed by atoms with Crippen molar-refractivity contribution in [2.75, 3.05) is 20.8 Å². The number of halogens is 2. The van der Waals surface area contributed by atoms with E-state index in [9.17, 15) is 13.2 Å². The predicted molar refractivity (Wildman–Crippen MR) is 139 cm³/mol. The highest BCUT2D eigenvalue weighted by Gasteiger charge is 2.27. The van der Waals surface area contributed by atoms with Crippen molar-refractivity contribution in [2.45, 2.75) is 24.4 Å². The Hall–Kier alpha value is -2.59. The molecule has 0 aliphatic rings. The number of sulfonamides is 1. The van der Waals surface area contributed by atoms with E-state index < -0.39 is 22.0 Å². The summed E-state index contributed by atoms with van der Waals surface area (Å²) >= 11 is 9.29. The Morgan fingerprint density at radius 3 is 2.23 bits per heavy atom. The summed E-state index contributed by atoms with van der Waals surface area (Å²) in [5.41, 5.74) is 1.49. The fourth-order valence-electron chi connectivity index (χ4n) is 3.43. The van der Waals surface area contributed by atoms with Crippen LogP contribution < -0.4 is 14.8 Å². The number of benzene rings is 3. The number of nitrogens with one attached hydrogen (secondary N) is 1. The number of amides is 1. The largest absolute Gasteiger partial charge is 0.493 e. The molecule has 1 amide bonds. The van der Waals surface area contributed by atoms with Crippen molar-refractivity contribution in [3.8, 4) is 11.5 Å². The maximum Gasteiger partial charge on any atom is 0.243 e. The molecule has 0 aliphatic heterocycles. The number of hydrogen-bond acceptors (Lipinski definition) is 5. The van der Waals surface area contributed by atoms with Gasteiger partial charge in [-0.25, -0.2) is 8.42 Å². The van der Waals surface area contributed by atoms with E-state index in [0.717, 1.165) is 14.3 Å². The first-order valence-corrected chi connectivity index (χ1v) is 13.3. The van der Waals surface area contributed by atoms with Crippen molar-refractivity contribution in [1.82, 2.24) is 9.62 Å². The Bertz CT molecular complexity index is 1270. The van der Waals surface area contributed by atoms with Crippen LogP contribution in [0.4, 0.5) is 0 Å². The quantitative estimate of drug-likeness (QED) is 0.356. The van der Waals surface area contributed by atoms with Gasteiger partial charge in [-0.2, -0.15) is 4.31 Å². The highest BCUT2D eigenvalue weighted by Crippen LogP contribution is 2.30. The zero-order chi connectivity index (χ0) is 25.6. The van der Waals surface area contributed by atoms with E-state index in [1.807, 2.05) is 13.0 Å². The molecule has 0 fully saturated rings. The second-order valence-corrected chi connectivity index (χ2v) is 11.0. The van der Waals surface area contributed by atoms with E-state index in [2.05, 4.69) is 21.2 Å². The van der Waals surface area contributed by atoms with Gasteiger partial charge in [-0.3, -0.25) is 4.79 Å². The van der Waals surface area contributed by atoms with Crippen LogP contribution >= 0.6 is 27.5 Å². The number of hydrogen-bond donors (Lipinski definition) is 1. The van der Waals surface area contributed by atoms with E-state index in [1.54, 1.807) is 55.6 Å². The summed E-state index contributed by atoms with van der Waals surface area (Å²) in [6.07, 6.45) is 0. The minimum atomic E-state index is -3.96. The maximum atomic E-state index is 13.4. The number of nitrogens with zero attached hydrogens (tertiary/aromatic N) is 1. The zero-order valence-corrected chi connectivity index (χ0v) is 22.7. The second kappa shape index (κ2) is 11.9. The molecule has 3 rings (SSSR count). The lowest BCUT2D eigenvalue weighted by atomic mass is 10.1. The molecule has 0 saturated heterocycles. The van der Waals surface area contributed by atoms with Crippen molar-refractivity contribution < 1.29 is 22.7 Å². The first-order chi connectivity index (χ1) is 16.6. The summed E-state index contributed by atoms with van der Waals surface area (Å²) in [5, 5.41) is 3.41. The molecule has 0 bridgehead atoms. The molecule has 0 aliphatic carbocycles. The van der Waals surface area contributed by atoms with Gasteiger partial charge in [0.15, 0.2) is 11.5 Å². The van der Waals surface area contributed by atoms with Crippen molar-refractivity contribution >= 4 is 43.5 Å². The van der Waals surface area contributed by atoms with E-state index >= 15 is 0 Å². The molecule has 3 aromatic rings. The topological polar surface area (TPSA) is 84.9 Å². The molecular formula is C25H26BrClN2O5S. The van der Waals surface area contributed by atoms with Crippen LogP contribution in [0.5, 0.6) is 11.5 Å². The van der Waals surface area contributed by atoms with Gasteiger partial charge >= 0.3 is 0 Å². The molecular weight excluding hydrogens is 556 g/mol. The molecule has 7 nitrogen and oxygen atoms in total. The minimum Gasteiger partial charge on any atom is -0.493 e. The lowest BCUT2D eigenvalue weighted by Crippen LogP contribution is -2.41. The molecule has 1 atom stereocenters. The van der Waals surface area contributed by atoms with Gasteiger partial charge in [0.1, 0.15) is 0 Å². The maximum absolute atomic E-state index is 13.4. The van der Waals surface area contributed by atoms with Crippen molar-refractivity contribution in [1.29, 1.82) is 0 Å². The molecule has 3 aromatic carbocycles. The SMILES string of the molecule is COc1ccc([C@@H](C)NC(=O)CN(Cc2ccc(Cl)cc2)S(=O)(=O)c2ccc(Br)cc2)cc1OC. The summed E-state index contributed by atoms with van der Waals surface area (Å²) in [5.74, 6) is 0.666. The predicted octanol–water partition coefficient (Wildman–Crippen LogP) is 5.19. The van der Waals surface area contributed by atoms with Crippen LogP contribution in [0.3, 0.4) is 0 Å². The Labute approximate surface area is 219 Å². The standard InChI is InChI=1S/C25H26BrClN2O5S/c1-17(19-6-13-23(33-2)24(14-19)34-3)28-25(30)16-29(15-18-4-9-21(27)10-5-18)35(31,32)22-11-7-20(26)8-12-22/h4-14,17H,15-16H2,1-3H3,(H,28,30)/t17-/m1/s1. The summed E-state index contributed by atoms with van der Waals surface area (Å²) < 4.78 is 39.4. The second-order valence-electron chi connectivity index (χ2n) is 7.76. The van der Waals surface area contributed by atoms with Crippen molar-refractivity contribution in [2.24, 2.45) is 0 Å². The first kappa shape index (κ1) is 27.0. The number of carbonyl (C=O) groups excluding carboxylic acids is 1. The molecule has 0 unspecified atom stereocenters. The highest BCUT2D eigenvalue weighted by atomic mass is 79.9. The summed E-state index contributed by atoms with van der Waals surface area (Å²) in [4.78, 5) is 13.1. The third-order valence-corrected chi connectivity index (χ3v) is 7.92. The van der Waals surface area contributed by atoms with Gasteiger partial charge in [0.25, 0.3) is 0 Å². The lowest BCUT2D eigenvalue weighted by Gasteiger charge is -2.23. The average Bonchev–Trinajstić information content (AvgIpc) is 2.84. The molecule has 0 spiro atoms. The van der Waals surface area contributed by atoms with Gasteiger partial charge < -0.3 is 14.8 Å². The summed E-state index contributed by atoms with van der Waals surface area (Å²) in [7, 11) is -0.879. The first-order valence-electron chi connectivity index (χ1n) is 10.7. The molecule has 10 heteroatoms. The lowest BCUT2D eigenvalue weighted by molar-refractivity contribution is -0.122. The normalized spacial score (nSPS) is 12.3. The molecule has 0 radical (unpaired) electrons. The third kappa shape index (κ3) is 6.98. The fourth-order valence-corrected chi connectivity index (χ4v) is 5.20. The monoisotopic (exact) mass is 580 g/mol.